The second kappa shape index (κ2) is 15.3. The van der Waals surface area contributed by atoms with E-state index in [1.54, 1.807) is 23.5 Å². The van der Waals surface area contributed by atoms with Crippen LogP contribution in [-0.2, 0) is 20.1 Å². The smallest absolute Gasteiger partial charge is 0.0280 e. The largest absolute Gasteiger partial charge is 0.304 e. The van der Waals surface area contributed by atoms with Crippen molar-refractivity contribution < 1.29 is 28.3 Å². The Balaban J connectivity index is 0.000000237. The third-order valence-electron chi connectivity index (χ3n) is 8.58. The van der Waals surface area contributed by atoms with Crippen molar-refractivity contribution in [3.05, 3.63) is 131 Å². The first-order valence-electron chi connectivity index (χ1n) is 19.4. The molecule has 0 bridgehead atoms. The summed E-state index contributed by atoms with van der Waals surface area (Å²) in [4.78, 5) is 9.30. The number of benzene rings is 4. The van der Waals surface area contributed by atoms with Gasteiger partial charge in [-0.05, 0) is 18.1 Å². The first-order valence-corrected chi connectivity index (χ1v) is 24.6. The molecule has 0 unspecified atom stereocenters. The zero-order chi connectivity index (χ0) is 39.2. The van der Waals surface area contributed by atoms with E-state index < -0.39 is 27.0 Å². The molecule has 3 heterocycles. The molecule has 253 valence electrons. The predicted molar refractivity (Wildman–Crippen MR) is 210 cm³/mol. The van der Waals surface area contributed by atoms with E-state index in [1.165, 1.54) is 55.7 Å². The minimum absolute atomic E-state index is 0. The SMILES string of the molecule is CC(C)c1cccc(C(C)C)c1-n1c(-c2[c-]sc3cc[c]([Ge]([CH3])([CH3])[CH3])cc23)nc2ccccc21.[2H]C([2H])([2H])c1c[c-]c(-c2ccc(C([2H])([2H])[2H])cn2)cc1.[Ir]. The summed E-state index contributed by atoms with van der Waals surface area (Å²) in [5.41, 5.74) is 8.87. The van der Waals surface area contributed by atoms with Crippen LogP contribution in [0.4, 0.5) is 0 Å². The van der Waals surface area contributed by atoms with Crippen LogP contribution >= 0.6 is 11.3 Å². The van der Waals surface area contributed by atoms with Crippen LogP contribution in [0.1, 0.15) is 70.0 Å². The van der Waals surface area contributed by atoms with Crippen molar-refractivity contribution in [3.63, 3.8) is 0 Å². The van der Waals surface area contributed by atoms with E-state index >= 15 is 0 Å². The molecule has 3 aromatic heterocycles. The summed E-state index contributed by atoms with van der Waals surface area (Å²) in [5, 5.41) is 4.94. The van der Waals surface area contributed by atoms with E-state index in [4.69, 9.17) is 13.2 Å². The molecule has 0 saturated heterocycles. The number of hydrogen-bond acceptors (Lipinski definition) is 3. The molecule has 0 spiro atoms. The van der Waals surface area contributed by atoms with Crippen molar-refractivity contribution in [1.82, 2.24) is 14.5 Å². The van der Waals surface area contributed by atoms with E-state index in [-0.39, 0.29) is 31.2 Å². The van der Waals surface area contributed by atoms with Gasteiger partial charge in [-0.15, -0.1) is 35.4 Å². The molecule has 0 N–H and O–H groups in total. The maximum atomic E-state index is 7.28. The number of imidazole rings is 1. The van der Waals surface area contributed by atoms with Gasteiger partial charge in [0.1, 0.15) is 0 Å². The Kier molecular flexibility index (Phi) is 9.16. The van der Waals surface area contributed by atoms with Gasteiger partial charge in [0.25, 0.3) is 0 Å². The molecule has 0 aliphatic carbocycles. The molecule has 4 aromatic carbocycles. The van der Waals surface area contributed by atoms with Crippen LogP contribution in [0.2, 0.25) is 17.3 Å². The van der Waals surface area contributed by atoms with Gasteiger partial charge >= 0.3 is 211 Å². The van der Waals surface area contributed by atoms with Gasteiger partial charge < -0.3 is 4.98 Å². The van der Waals surface area contributed by atoms with Crippen molar-refractivity contribution in [1.29, 1.82) is 0 Å². The predicted octanol–water partition coefficient (Wildman–Crippen LogP) is 11.7. The topological polar surface area (TPSA) is 30.7 Å². The van der Waals surface area contributed by atoms with Gasteiger partial charge in [0.15, 0.2) is 0 Å². The molecule has 49 heavy (non-hydrogen) atoms. The third kappa shape index (κ3) is 7.86. The van der Waals surface area contributed by atoms with E-state index in [0.717, 1.165) is 22.4 Å². The standard InChI is InChI=1S/C30H33GeN2S.C13H12N.Ir/c1-19(2)22-11-10-12-23(20(3)4)29(22)33-27-14-9-8-13-26(27)32-30(33)25-18-34-28-16-15-21(17-24(25)28)31(5,6)7;1-10-3-6-12(7-4-10)13-8-5-11(2)9-14-13;/h8-17,19-20H,1-7H3;3-6,8-9H,1-2H3;/q2*-1;/i;1D3,2D3;. The number of fused-ring (bicyclic) bond motifs is 2. The van der Waals surface area contributed by atoms with Crippen LogP contribution in [0.25, 0.3) is 49.5 Å². The molecule has 0 aliphatic rings. The van der Waals surface area contributed by atoms with Crippen LogP contribution in [0.5, 0.6) is 0 Å². The summed E-state index contributed by atoms with van der Waals surface area (Å²) in [5.74, 6) is 9.19. The van der Waals surface area contributed by atoms with Gasteiger partial charge in [-0.25, -0.2) is 0 Å². The minimum Gasteiger partial charge on any atom is -0.304 e. The normalized spacial score (nSPS) is 13.9. The van der Waals surface area contributed by atoms with Gasteiger partial charge in [-0.2, -0.15) is 0 Å². The summed E-state index contributed by atoms with van der Waals surface area (Å²) < 4.78 is 48.9. The number of thiophene rings is 1. The second-order valence-electron chi connectivity index (χ2n) is 13.8. The number of pyridine rings is 1. The average Bonchev–Trinajstić information content (AvgIpc) is 3.71. The molecule has 0 aliphatic heterocycles. The van der Waals surface area contributed by atoms with Gasteiger partial charge in [0.2, 0.25) is 0 Å². The first kappa shape index (κ1) is 29.4. The van der Waals surface area contributed by atoms with Gasteiger partial charge in [0, 0.05) is 34.5 Å². The maximum absolute atomic E-state index is 7.28. The van der Waals surface area contributed by atoms with Crippen molar-refractivity contribution in [2.24, 2.45) is 0 Å². The molecule has 7 rings (SSSR count). The number of hydrogen-bond donors (Lipinski definition) is 0. The number of nitrogens with zero attached hydrogens (tertiary/aromatic N) is 3. The van der Waals surface area contributed by atoms with Crippen LogP contribution in [0, 0.1) is 25.2 Å². The number of rotatable bonds is 6. The van der Waals surface area contributed by atoms with Crippen molar-refractivity contribution in [2.75, 3.05) is 0 Å². The van der Waals surface area contributed by atoms with Crippen LogP contribution < -0.4 is 4.40 Å². The fraction of sp³-hybridized carbons (Fsp3) is 0.256. The molecule has 3 nitrogen and oxygen atoms in total. The zero-order valence-electron chi connectivity index (χ0n) is 35.0. The van der Waals surface area contributed by atoms with E-state index in [1.807, 2.05) is 0 Å². The van der Waals surface area contributed by atoms with Gasteiger partial charge in [0.05, 0.1) is 0 Å². The summed E-state index contributed by atoms with van der Waals surface area (Å²) >= 11 is -0.270. The Morgan fingerprint density at radius 1 is 0.816 bits per heavy atom. The van der Waals surface area contributed by atoms with E-state index in [0.29, 0.717) is 23.1 Å². The van der Waals surface area contributed by atoms with Crippen molar-refractivity contribution in [3.8, 4) is 28.3 Å². The monoisotopic (exact) mass is 908 g/mol. The van der Waals surface area contributed by atoms with E-state index in [2.05, 4.69) is 127 Å². The quantitative estimate of drug-likeness (QED) is 0.123. The van der Waals surface area contributed by atoms with Crippen molar-refractivity contribution >= 4 is 50.1 Å². The number of aromatic nitrogens is 3. The molecule has 1 radical (unpaired) electrons. The fourth-order valence-electron chi connectivity index (χ4n) is 5.94. The Labute approximate surface area is 321 Å². The molecule has 0 fully saturated rings. The molecular weight excluding hydrogens is 855 g/mol. The molecule has 6 heteroatoms. The Morgan fingerprint density at radius 2 is 1.53 bits per heavy atom. The first-order chi connectivity index (χ1) is 25.3. The molecule has 0 saturated carbocycles. The summed E-state index contributed by atoms with van der Waals surface area (Å²) in [6.07, 6.45) is 1.30. The third-order valence-corrected chi connectivity index (χ3v) is 13.7. The van der Waals surface area contributed by atoms with Crippen LogP contribution in [0.15, 0.2) is 97.2 Å². The van der Waals surface area contributed by atoms with Crippen molar-refractivity contribution in [2.45, 2.75) is 70.5 Å². The van der Waals surface area contributed by atoms with Crippen LogP contribution in [0.3, 0.4) is 0 Å². The second-order valence-corrected chi connectivity index (χ2v) is 25.3. The molecule has 0 atom stereocenters. The minimum atomic E-state index is -2.18. The summed E-state index contributed by atoms with van der Waals surface area (Å²) in [6, 6.07) is 32.8. The van der Waals surface area contributed by atoms with Gasteiger partial charge in [-0.3, -0.25) is 0 Å². The van der Waals surface area contributed by atoms with Gasteiger partial charge in [-0.1, -0.05) is 19.0 Å². The molecular formula is C43H45GeIrN3S-2. The Bertz CT molecular complexity index is 2320. The zero-order valence-corrected chi connectivity index (χ0v) is 34.3. The summed E-state index contributed by atoms with van der Waals surface area (Å²) in [6.45, 7) is 4.81. The average molecular weight is 907 g/mol. The summed E-state index contributed by atoms with van der Waals surface area (Å²) in [7, 11) is 0. The Morgan fingerprint density at radius 3 is 2.14 bits per heavy atom. The maximum Gasteiger partial charge on any atom is 0.0280 e. The number of para-hydroxylation sites is 3. The Hall–Kier alpha value is -3.35. The van der Waals surface area contributed by atoms with E-state index in [9.17, 15) is 0 Å². The molecule has 0 amide bonds. The number of aryl methyl sites for hydroxylation is 2. The fourth-order valence-corrected chi connectivity index (χ4v) is 9.19. The van der Waals surface area contributed by atoms with Crippen LogP contribution in [-0.4, -0.2) is 27.8 Å². The molecule has 7 aromatic rings.